The zero-order valence-electron chi connectivity index (χ0n) is 12.1. The minimum Gasteiger partial charge on any atom is -0.300 e. The number of carbonyl (C=O) groups excluding carboxylic acids is 3. The summed E-state index contributed by atoms with van der Waals surface area (Å²) in [5.41, 5.74) is 0. The summed E-state index contributed by atoms with van der Waals surface area (Å²) in [6.07, 6.45) is 9.81. The van der Waals surface area contributed by atoms with Gasteiger partial charge in [0.25, 0.3) is 0 Å². The monoisotopic (exact) mass is 266 g/mol. The lowest BCUT2D eigenvalue weighted by Crippen LogP contribution is -2.24. The third kappa shape index (κ3) is 6.65. The van der Waals surface area contributed by atoms with Crippen LogP contribution in [0.25, 0.3) is 0 Å². The summed E-state index contributed by atoms with van der Waals surface area (Å²) in [6, 6.07) is 0. The van der Waals surface area contributed by atoms with E-state index in [1.807, 2.05) is 0 Å². The van der Waals surface area contributed by atoms with E-state index in [9.17, 15) is 14.4 Å². The van der Waals surface area contributed by atoms with Crippen molar-refractivity contribution in [2.24, 2.45) is 5.92 Å². The third-order valence-electron chi connectivity index (χ3n) is 3.95. The minimum atomic E-state index is -0.221. The fourth-order valence-electron chi connectivity index (χ4n) is 2.70. The van der Waals surface area contributed by atoms with Crippen molar-refractivity contribution in [1.82, 2.24) is 0 Å². The van der Waals surface area contributed by atoms with Crippen LogP contribution in [0.15, 0.2) is 0 Å². The van der Waals surface area contributed by atoms with Gasteiger partial charge in [0.1, 0.15) is 5.78 Å². The van der Waals surface area contributed by atoms with Crippen LogP contribution in [0.1, 0.15) is 77.6 Å². The van der Waals surface area contributed by atoms with E-state index in [-0.39, 0.29) is 23.3 Å². The van der Waals surface area contributed by atoms with Crippen LogP contribution in [0.5, 0.6) is 0 Å². The number of carbonyl (C=O) groups is 3. The predicted molar refractivity (Wildman–Crippen MR) is 75.0 cm³/mol. The third-order valence-corrected chi connectivity index (χ3v) is 3.95. The summed E-state index contributed by atoms with van der Waals surface area (Å²) in [5, 5.41) is 0. The number of Topliss-reactive ketones (excluding diaryl/α,β-unsaturated/α-hetero) is 3. The van der Waals surface area contributed by atoms with Gasteiger partial charge in [-0.2, -0.15) is 0 Å². The Hall–Kier alpha value is -0.990. The molecule has 0 radical (unpaired) electrons. The first kappa shape index (κ1) is 16.1. The minimum absolute atomic E-state index is 0.103. The second-order valence-electron chi connectivity index (χ2n) is 5.74. The molecule has 0 N–H and O–H groups in total. The predicted octanol–water partition coefficient (Wildman–Crippen LogP) is 3.63. The van der Waals surface area contributed by atoms with Gasteiger partial charge >= 0.3 is 0 Å². The van der Waals surface area contributed by atoms with Crippen molar-refractivity contribution in [3.05, 3.63) is 0 Å². The summed E-state index contributed by atoms with van der Waals surface area (Å²) in [4.78, 5) is 35.0. The Kier molecular flexibility index (Phi) is 7.61. The van der Waals surface area contributed by atoms with Crippen molar-refractivity contribution in [2.45, 2.75) is 77.6 Å². The number of ketones is 3. The van der Waals surface area contributed by atoms with Crippen molar-refractivity contribution in [1.29, 1.82) is 0 Å². The maximum atomic E-state index is 12.1. The molecule has 0 saturated heterocycles. The maximum absolute atomic E-state index is 12.1. The molecule has 0 aliphatic heterocycles. The first-order chi connectivity index (χ1) is 9.11. The Morgan fingerprint density at radius 2 is 1.58 bits per heavy atom. The van der Waals surface area contributed by atoms with Crippen LogP contribution in [-0.2, 0) is 14.4 Å². The molecule has 3 heteroatoms. The van der Waals surface area contributed by atoms with Crippen LogP contribution in [0.4, 0.5) is 0 Å². The fraction of sp³-hybridized carbons (Fsp3) is 0.812. The molecule has 19 heavy (non-hydrogen) atoms. The highest BCUT2D eigenvalue weighted by molar-refractivity contribution is 6.37. The van der Waals surface area contributed by atoms with Gasteiger partial charge in [-0.3, -0.25) is 9.59 Å². The standard InChI is InChI=1S/C16H26O3/c1-13(17)11-12-14-9-7-5-3-2-4-6-8-10-15(18)16(14)19/h14H,2-12H2,1H3. The highest BCUT2D eigenvalue weighted by Crippen LogP contribution is 2.21. The van der Waals surface area contributed by atoms with Gasteiger partial charge in [-0.05, 0) is 26.2 Å². The van der Waals surface area contributed by atoms with Gasteiger partial charge in [-0.25, -0.2) is 0 Å². The Labute approximate surface area is 116 Å². The average Bonchev–Trinajstić information content (AvgIpc) is 2.37. The quantitative estimate of drug-likeness (QED) is 0.733. The van der Waals surface area contributed by atoms with Crippen molar-refractivity contribution in [3.8, 4) is 0 Å². The van der Waals surface area contributed by atoms with Crippen LogP contribution < -0.4 is 0 Å². The Morgan fingerprint density at radius 1 is 1.00 bits per heavy atom. The summed E-state index contributed by atoms with van der Waals surface area (Å²) < 4.78 is 0. The van der Waals surface area contributed by atoms with Crippen molar-refractivity contribution >= 4 is 17.3 Å². The molecule has 108 valence electrons. The SMILES string of the molecule is CC(=O)CCC1CCCCCCCCCC(=O)C1=O. The molecule has 0 bridgehead atoms. The molecule has 1 rings (SSSR count). The van der Waals surface area contributed by atoms with Crippen molar-refractivity contribution < 1.29 is 14.4 Å². The van der Waals surface area contributed by atoms with Gasteiger partial charge in [-0.15, -0.1) is 0 Å². The molecule has 0 amide bonds. The zero-order valence-corrected chi connectivity index (χ0v) is 12.1. The second kappa shape index (κ2) is 9.00. The van der Waals surface area contributed by atoms with E-state index < -0.39 is 0 Å². The molecule has 1 fully saturated rings. The highest BCUT2D eigenvalue weighted by atomic mass is 16.2. The second-order valence-corrected chi connectivity index (χ2v) is 5.74. The van der Waals surface area contributed by atoms with E-state index in [1.54, 1.807) is 6.92 Å². The lowest BCUT2D eigenvalue weighted by atomic mass is 9.87. The summed E-state index contributed by atoms with van der Waals surface area (Å²) >= 11 is 0. The molecular weight excluding hydrogens is 240 g/mol. The van der Waals surface area contributed by atoms with Gasteiger partial charge in [0, 0.05) is 18.8 Å². The molecule has 0 aromatic rings. The Balaban J connectivity index is 2.57. The van der Waals surface area contributed by atoms with Gasteiger partial charge < -0.3 is 4.79 Å². The molecule has 1 unspecified atom stereocenters. The molecular formula is C16H26O3. The van der Waals surface area contributed by atoms with Crippen LogP contribution in [-0.4, -0.2) is 17.3 Å². The molecule has 0 aromatic carbocycles. The van der Waals surface area contributed by atoms with Crippen LogP contribution in [0.2, 0.25) is 0 Å². The van der Waals surface area contributed by atoms with Crippen molar-refractivity contribution in [3.63, 3.8) is 0 Å². The van der Waals surface area contributed by atoms with E-state index in [4.69, 9.17) is 0 Å². The van der Waals surface area contributed by atoms with Gasteiger partial charge in [-0.1, -0.05) is 38.5 Å². The first-order valence-corrected chi connectivity index (χ1v) is 7.67. The van der Waals surface area contributed by atoms with E-state index in [2.05, 4.69) is 0 Å². The maximum Gasteiger partial charge on any atom is 0.201 e. The number of rotatable bonds is 3. The smallest absolute Gasteiger partial charge is 0.201 e. The van der Waals surface area contributed by atoms with Crippen LogP contribution in [0, 0.1) is 5.92 Å². The Morgan fingerprint density at radius 3 is 2.21 bits per heavy atom. The molecule has 1 atom stereocenters. The van der Waals surface area contributed by atoms with E-state index in [0.717, 1.165) is 32.1 Å². The van der Waals surface area contributed by atoms with Crippen LogP contribution >= 0.6 is 0 Å². The lowest BCUT2D eigenvalue weighted by molar-refractivity contribution is -0.139. The highest BCUT2D eigenvalue weighted by Gasteiger charge is 2.24. The van der Waals surface area contributed by atoms with Crippen LogP contribution in [0.3, 0.4) is 0 Å². The molecule has 1 aliphatic carbocycles. The normalized spacial score (nSPS) is 23.5. The fourth-order valence-corrected chi connectivity index (χ4v) is 2.70. The summed E-state index contributed by atoms with van der Waals surface area (Å²) in [6.45, 7) is 1.54. The molecule has 0 spiro atoms. The molecule has 3 nitrogen and oxygen atoms in total. The van der Waals surface area contributed by atoms with Gasteiger partial charge in [0.2, 0.25) is 5.78 Å². The lowest BCUT2D eigenvalue weighted by Gasteiger charge is -2.15. The topological polar surface area (TPSA) is 51.2 Å². The largest absolute Gasteiger partial charge is 0.300 e. The van der Waals surface area contributed by atoms with Gasteiger partial charge in [0.05, 0.1) is 0 Å². The number of hydrogen-bond donors (Lipinski definition) is 0. The molecule has 1 saturated carbocycles. The van der Waals surface area contributed by atoms with Gasteiger partial charge in [0.15, 0.2) is 5.78 Å². The molecule has 1 aliphatic rings. The van der Waals surface area contributed by atoms with Crippen molar-refractivity contribution in [2.75, 3.05) is 0 Å². The van der Waals surface area contributed by atoms with E-state index in [0.29, 0.717) is 19.3 Å². The first-order valence-electron chi connectivity index (χ1n) is 7.67. The van der Waals surface area contributed by atoms with E-state index in [1.165, 1.54) is 19.3 Å². The van der Waals surface area contributed by atoms with E-state index >= 15 is 0 Å². The molecule has 0 heterocycles. The Bertz CT molecular complexity index is 320. The summed E-state index contributed by atoms with van der Waals surface area (Å²) in [5.74, 6) is -0.543. The molecule has 0 aromatic heterocycles. The average molecular weight is 266 g/mol. The summed E-state index contributed by atoms with van der Waals surface area (Å²) in [7, 11) is 0. The number of hydrogen-bond acceptors (Lipinski definition) is 3. The zero-order chi connectivity index (χ0) is 14.1.